The molecule has 1 rings (SSSR count). The summed E-state index contributed by atoms with van der Waals surface area (Å²) in [5, 5.41) is 11.8. The fourth-order valence-corrected chi connectivity index (χ4v) is 1.01. The molecule has 0 saturated carbocycles. The maximum absolute atomic E-state index is 10.7. The van der Waals surface area contributed by atoms with Gasteiger partial charge in [0, 0.05) is 12.2 Å². The Morgan fingerprint density at radius 3 is 2.85 bits per heavy atom. The number of anilines is 1. The Bertz CT molecular complexity index is 310. The van der Waals surface area contributed by atoms with Crippen molar-refractivity contribution in [3.63, 3.8) is 0 Å². The normalized spacial score (nSPS) is 10.1. The van der Waals surface area contributed by atoms with E-state index in [1.807, 2.05) is 13.8 Å². The van der Waals surface area contributed by atoms with E-state index < -0.39 is 5.97 Å². The molecular formula is C9H12N2O2. The lowest BCUT2D eigenvalue weighted by Gasteiger charge is -2.11. The van der Waals surface area contributed by atoms with Crippen LogP contribution in [0.4, 0.5) is 5.69 Å². The van der Waals surface area contributed by atoms with Crippen molar-refractivity contribution in [1.29, 1.82) is 0 Å². The highest BCUT2D eigenvalue weighted by Gasteiger charge is 2.09. The molecule has 0 fully saturated rings. The maximum Gasteiger partial charge on any atom is 0.337 e. The number of hydrogen-bond donors (Lipinski definition) is 2. The van der Waals surface area contributed by atoms with Crippen molar-refractivity contribution in [2.24, 2.45) is 0 Å². The predicted molar refractivity (Wildman–Crippen MR) is 50.0 cm³/mol. The molecule has 13 heavy (non-hydrogen) atoms. The highest BCUT2D eigenvalue weighted by molar-refractivity contribution is 5.93. The van der Waals surface area contributed by atoms with Crippen LogP contribution in [-0.4, -0.2) is 22.1 Å². The summed E-state index contributed by atoms with van der Waals surface area (Å²) in [7, 11) is 0. The average Bonchev–Trinajstić information content (AvgIpc) is 2.03. The lowest BCUT2D eigenvalue weighted by atomic mass is 10.2. The van der Waals surface area contributed by atoms with Crippen LogP contribution in [0, 0.1) is 0 Å². The van der Waals surface area contributed by atoms with E-state index in [-0.39, 0.29) is 11.6 Å². The Hall–Kier alpha value is -1.58. The van der Waals surface area contributed by atoms with Crippen LogP contribution >= 0.6 is 0 Å². The van der Waals surface area contributed by atoms with Gasteiger partial charge in [-0.3, -0.25) is 4.98 Å². The van der Waals surface area contributed by atoms with E-state index in [0.29, 0.717) is 5.69 Å². The molecule has 1 aromatic rings. The summed E-state index contributed by atoms with van der Waals surface area (Å²) >= 11 is 0. The van der Waals surface area contributed by atoms with Crippen LogP contribution in [0.3, 0.4) is 0 Å². The number of carboxylic acids is 1. The Morgan fingerprint density at radius 1 is 1.62 bits per heavy atom. The number of carbonyl (C=O) groups is 1. The Morgan fingerprint density at radius 2 is 2.31 bits per heavy atom. The SMILES string of the molecule is CC(C)Nc1cnccc1C(=O)O. The number of nitrogens with one attached hydrogen (secondary N) is 1. The first-order chi connectivity index (χ1) is 6.11. The summed E-state index contributed by atoms with van der Waals surface area (Å²) in [4.78, 5) is 14.6. The summed E-state index contributed by atoms with van der Waals surface area (Å²) in [6.45, 7) is 3.89. The molecule has 0 atom stereocenters. The van der Waals surface area contributed by atoms with Gasteiger partial charge in [0.25, 0.3) is 0 Å². The van der Waals surface area contributed by atoms with Gasteiger partial charge in [0.05, 0.1) is 17.4 Å². The van der Waals surface area contributed by atoms with Gasteiger partial charge in [-0.1, -0.05) is 0 Å². The summed E-state index contributed by atoms with van der Waals surface area (Å²) in [6.07, 6.45) is 2.98. The van der Waals surface area contributed by atoms with Gasteiger partial charge in [-0.05, 0) is 19.9 Å². The number of nitrogens with zero attached hydrogens (tertiary/aromatic N) is 1. The van der Waals surface area contributed by atoms with Crippen LogP contribution in [0.2, 0.25) is 0 Å². The van der Waals surface area contributed by atoms with Gasteiger partial charge >= 0.3 is 5.97 Å². The second-order valence-electron chi connectivity index (χ2n) is 3.03. The van der Waals surface area contributed by atoms with Gasteiger partial charge in [0.1, 0.15) is 0 Å². The largest absolute Gasteiger partial charge is 0.478 e. The molecule has 2 N–H and O–H groups in total. The van der Waals surface area contributed by atoms with E-state index in [2.05, 4.69) is 10.3 Å². The van der Waals surface area contributed by atoms with Gasteiger partial charge in [-0.25, -0.2) is 4.79 Å². The predicted octanol–water partition coefficient (Wildman–Crippen LogP) is 1.60. The van der Waals surface area contributed by atoms with Crippen molar-refractivity contribution in [2.45, 2.75) is 19.9 Å². The Labute approximate surface area is 76.6 Å². The first-order valence-electron chi connectivity index (χ1n) is 4.05. The first kappa shape index (κ1) is 9.51. The Kier molecular flexibility index (Phi) is 2.84. The van der Waals surface area contributed by atoms with Crippen molar-refractivity contribution in [1.82, 2.24) is 4.98 Å². The van der Waals surface area contributed by atoms with E-state index in [9.17, 15) is 4.79 Å². The maximum atomic E-state index is 10.7. The number of rotatable bonds is 3. The van der Waals surface area contributed by atoms with Crippen LogP contribution in [0.5, 0.6) is 0 Å². The zero-order valence-corrected chi connectivity index (χ0v) is 7.61. The van der Waals surface area contributed by atoms with Crippen LogP contribution in [0.25, 0.3) is 0 Å². The second kappa shape index (κ2) is 3.89. The van der Waals surface area contributed by atoms with Gasteiger partial charge in [0.2, 0.25) is 0 Å². The first-order valence-corrected chi connectivity index (χ1v) is 4.05. The number of carboxylic acid groups (broad SMARTS) is 1. The smallest absolute Gasteiger partial charge is 0.337 e. The quantitative estimate of drug-likeness (QED) is 0.741. The van der Waals surface area contributed by atoms with Crippen LogP contribution in [-0.2, 0) is 0 Å². The topological polar surface area (TPSA) is 62.2 Å². The van der Waals surface area contributed by atoms with Crippen LogP contribution in [0.15, 0.2) is 18.5 Å². The minimum absolute atomic E-state index is 0.197. The summed E-state index contributed by atoms with van der Waals surface area (Å²) in [5.74, 6) is -0.939. The molecule has 0 amide bonds. The fraction of sp³-hybridized carbons (Fsp3) is 0.333. The van der Waals surface area contributed by atoms with E-state index >= 15 is 0 Å². The highest BCUT2D eigenvalue weighted by Crippen LogP contribution is 2.13. The standard InChI is InChI=1S/C9H12N2O2/c1-6(2)11-8-5-10-4-3-7(8)9(12)13/h3-6,11H,1-2H3,(H,12,13). The van der Waals surface area contributed by atoms with E-state index in [1.165, 1.54) is 18.5 Å². The van der Waals surface area contributed by atoms with E-state index in [1.54, 1.807) is 0 Å². The average molecular weight is 180 g/mol. The van der Waals surface area contributed by atoms with Crippen molar-refractivity contribution < 1.29 is 9.90 Å². The van der Waals surface area contributed by atoms with Crippen LogP contribution < -0.4 is 5.32 Å². The van der Waals surface area contributed by atoms with Crippen molar-refractivity contribution in [2.75, 3.05) is 5.32 Å². The molecule has 4 nitrogen and oxygen atoms in total. The van der Waals surface area contributed by atoms with Crippen LogP contribution in [0.1, 0.15) is 24.2 Å². The lowest BCUT2D eigenvalue weighted by Crippen LogP contribution is -2.13. The van der Waals surface area contributed by atoms with Gasteiger partial charge in [0.15, 0.2) is 0 Å². The molecule has 0 radical (unpaired) electrons. The number of aromatic nitrogens is 1. The van der Waals surface area contributed by atoms with Crippen molar-refractivity contribution >= 4 is 11.7 Å². The zero-order valence-electron chi connectivity index (χ0n) is 7.61. The van der Waals surface area contributed by atoms with E-state index in [0.717, 1.165) is 0 Å². The molecule has 0 saturated heterocycles. The minimum Gasteiger partial charge on any atom is -0.478 e. The molecule has 0 unspecified atom stereocenters. The van der Waals surface area contributed by atoms with E-state index in [4.69, 9.17) is 5.11 Å². The summed E-state index contributed by atoms with van der Waals surface area (Å²) in [6, 6.07) is 1.68. The minimum atomic E-state index is -0.939. The molecule has 0 bridgehead atoms. The second-order valence-corrected chi connectivity index (χ2v) is 3.03. The third-order valence-corrected chi connectivity index (χ3v) is 1.50. The van der Waals surface area contributed by atoms with Gasteiger partial charge in [-0.15, -0.1) is 0 Å². The molecule has 0 spiro atoms. The number of aromatic carboxylic acids is 1. The Balaban J connectivity index is 2.98. The molecule has 0 aliphatic carbocycles. The fourth-order valence-electron chi connectivity index (χ4n) is 1.01. The van der Waals surface area contributed by atoms with Gasteiger partial charge in [-0.2, -0.15) is 0 Å². The molecule has 70 valence electrons. The molecule has 0 aliphatic rings. The van der Waals surface area contributed by atoms with Crippen molar-refractivity contribution in [3.8, 4) is 0 Å². The van der Waals surface area contributed by atoms with Crippen molar-refractivity contribution in [3.05, 3.63) is 24.0 Å². The number of pyridine rings is 1. The molecule has 0 aromatic carbocycles. The molecular weight excluding hydrogens is 168 g/mol. The zero-order chi connectivity index (χ0) is 9.84. The number of hydrogen-bond acceptors (Lipinski definition) is 3. The van der Waals surface area contributed by atoms with Gasteiger partial charge < -0.3 is 10.4 Å². The molecule has 1 aromatic heterocycles. The highest BCUT2D eigenvalue weighted by atomic mass is 16.4. The summed E-state index contributed by atoms with van der Waals surface area (Å²) in [5.41, 5.74) is 0.814. The lowest BCUT2D eigenvalue weighted by molar-refractivity contribution is 0.0698. The molecule has 4 heteroatoms. The summed E-state index contributed by atoms with van der Waals surface area (Å²) < 4.78 is 0. The molecule has 1 heterocycles. The molecule has 0 aliphatic heterocycles. The third kappa shape index (κ3) is 2.43. The monoisotopic (exact) mass is 180 g/mol. The third-order valence-electron chi connectivity index (χ3n) is 1.50.